The van der Waals surface area contributed by atoms with Gasteiger partial charge in [-0.15, -0.1) is 0 Å². The summed E-state index contributed by atoms with van der Waals surface area (Å²) >= 11 is 0. The highest BCUT2D eigenvalue weighted by atomic mass is 16.5. The van der Waals surface area contributed by atoms with Gasteiger partial charge < -0.3 is 9.22 Å². The highest BCUT2D eigenvalue weighted by Crippen LogP contribution is 2.45. The summed E-state index contributed by atoms with van der Waals surface area (Å²) < 4.78 is 8.74. The Balaban J connectivity index is 1.56. The van der Waals surface area contributed by atoms with Crippen LogP contribution < -0.4 is 5.46 Å². The fourth-order valence-electron chi connectivity index (χ4n) is 5.26. The van der Waals surface area contributed by atoms with Crippen LogP contribution in [0.15, 0.2) is 85.5 Å². The third-order valence-corrected chi connectivity index (χ3v) is 7.96. The van der Waals surface area contributed by atoms with Crippen LogP contribution in [0.1, 0.15) is 45.9 Å². The molecule has 0 atom stereocenters. The molecule has 35 heavy (non-hydrogen) atoms. The number of para-hydroxylation sites is 1. The largest absolute Gasteiger partial charge is 0.426 e. The monoisotopic (exact) mass is 459 g/mol. The van der Waals surface area contributed by atoms with Gasteiger partial charge in [0.15, 0.2) is 0 Å². The van der Waals surface area contributed by atoms with Crippen LogP contribution in [0.3, 0.4) is 0 Å². The number of nitrogens with zero attached hydrogens (tertiary/aromatic N) is 1. The first-order valence-electron chi connectivity index (χ1n) is 12.5. The highest BCUT2D eigenvalue weighted by molar-refractivity contribution is 6.68. The topological polar surface area (TPSA) is 14.2 Å². The predicted octanol–water partition coefficient (Wildman–Crippen LogP) is 8.01. The van der Waals surface area contributed by atoms with E-state index in [-0.39, 0.29) is 17.9 Å². The van der Waals surface area contributed by atoms with E-state index in [1.165, 1.54) is 33.1 Å². The summed E-state index contributed by atoms with van der Waals surface area (Å²) in [6.07, 6.45) is 7.28. The van der Waals surface area contributed by atoms with E-state index in [9.17, 15) is 0 Å². The molecular formula is C32H34BNO. The molecule has 1 aliphatic heterocycles. The second kappa shape index (κ2) is 8.73. The lowest BCUT2D eigenvalue weighted by molar-refractivity contribution is 0.0375. The van der Waals surface area contributed by atoms with Gasteiger partial charge in [0.05, 0.1) is 16.8 Å². The number of aromatic nitrogens is 1. The molecule has 5 rings (SSSR count). The predicted molar refractivity (Wildman–Crippen MR) is 153 cm³/mol. The summed E-state index contributed by atoms with van der Waals surface area (Å²) in [5.41, 5.74) is 8.34. The van der Waals surface area contributed by atoms with E-state index in [4.69, 9.17) is 4.65 Å². The maximum atomic E-state index is 6.45. The number of benzene rings is 3. The summed E-state index contributed by atoms with van der Waals surface area (Å²) in [4.78, 5) is 0. The fourth-order valence-corrected chi connectivity index (χ4v) is 5.26. The summed E-state index contributed by atoms with van der Waals surface area (Å²) in [5.74, 6) is 0. The first kappa shape index (κ1) is 23.4. The molecule has 2 nitrogen and oxygen atoms in total. The zero-order chi connectivity index (χ0) is 24.8. The first-order valence-corrected chi connectivity index (χ1v) is 12.5. The average molecular weight is 459 g/mol. The molecule has 2 heterocycles. The van der Waals surface area contributed by atoms with E-state index in [1.807, 2.05) is 6.08 Å². The molecule has 1 aliphatic rings. The van der Waals surface area contributed by atoms with Crippen molar-refractivity contribution in [1.29, 1.82) is 0 Å². The van der Waals surface area contributed by atoms with Crippen molar-refractivity contribution in [3.63, 3.8) is 0 Å². The van der Waals surface area contributed by atoms with Crippen LogP contribution in [-0.4, -0.2) is 17.1 Å². The van der Waals surface area contributed by atoms with Crippen molar-refractivity contribution in [2.45, 2.75) is 46.5 Å². The molecule has 0 bridgehead atoms. The van der Waals surface area contributed by atoms with Gasteiger partial charge in [0.2, 0.25) is 0 Å². The second-order valence-corrected chi connectivity index (χ2v) is 10.7. The Labute approximate surface area is 210 Å². The lowest BCUT2D eigenvalue weighted by atomic mass is 9.54. The van der Waals surface area contributed by atoms with Crippen LogP contribution in [0.25, 0.3) is 39.9 Å². The molecule has 3 aromatic carbocycles. The van der Waals surface area contributed by atoms with Crippen LogP contribution >= 0.6 is 0 Å². The number of hydrogen-bond acceptors (Lipinski definition) is 1. The highest BCUT2D eigenvalue weighted by Gasteiger charge is 2.49. The lowest BCUT2D eigenvalue weighted by Crippen LogP contribution is -2.36. The smallest absolute Gasteiger partial charge is 0.327 e. The molecule has 176 valence electrons. The van der Waals surface area contributed by atoms with Crippen molar-refractivity contribution in [3.05, 3.63) is 96.7 Å². The quantitative estimate of drug-likeness (QED) is 0.276. The normalized spacial score (nSPS) is 16.9. The molecule has 1 saturated heterocycles. The van der Waals surface area contributed by atoms with E-state index in [2.05, 4.69) is 131 Å². The third-order valence-electron chi connectivity index (χ3n) is 7.96. The summed E-state index contributed by atoms with van der Waals surface area (Å²) in [6, 6.07) is 26.2. The standard InChI is InChI=1S/C32H34BNO/c1-7-12-27-28-21-24(17-20-30(28)34(29(27)8-2)26-13-10-9-11-14-26)23-15-18-25(19-16-23)33-22-31(3,4)32(5,6)35-33/h7-21H,2,22H2,1,3-6H3/b12-7-. The molecule has 0 unspecified atom stereocenters. The Bertz CT molecular complexity index is 1390. The first-order chi connectivity index (χ1) is 16.8. The van der Waals surface area contributed by atoms with Gasteiger partial charge in [-0.3, -0.25) is 0 Å². The lowest BCUT2D eigenvalue weighted by Gasteiger charge is -2.34. The second-order valence-electron chi connectivity index (χ2n) is 10.7. The van der Waals surface area contributed by atoms with Crippen molar-refractivity contribution >= 4 is 35.4 Å². The van der Waals surface area contributed by atoms with Crippen molar-refractivity contribution in [2.75, 3.05) is 0 Å². The van der Waals surface area contributed by atoms with Gasteiger partial charge in [-0.25, -0.2) is 0 Å². The Morgan fingerprint density at radius 3 is 2.20 bits per heavy atom. The molecule has 4 aromatic rings. The minimum absolute atomic E-state index is 0.126. The van der Waals surface area contributed by atoms with Gasteiger partial charge in [0.25, 0.3) is 0 Å². The van der Waals surface area contributed by atoms with E-state index >= 15 is 0 Å². The van der Waals surface area contributed by atoms with Crippen LogP contribution in [0.2, 0.25) is 6.32 Å². The molecule has 0 N–H and O–H groups in total. The molecule has 0 saturated carbocycles. The molecule has 3 heteroatoms. The number of rotatable bonds is 5. The number of hydrogen-bond donors (Lipinski definition) is 0. The van der Waals surface area contributed by atoms with E-state index in [1.54, 1.807) is 0 Å². The van der Waals surface area contributed by atoms with Gasteiger partial charge in [-0.1, -0.05) is 81.1 Å². The van der Waals surface area contributed by atoms with Crippen molar-refractivity contribution in [1.82, 2.24) is 4.57 Å². The molecular weight excluding hydrogens is 425 g/mol. The van der Waals surface area contributed by atoms with Crippen LogP contribution in [0.5, 0.6) is 0 Å². The Hall–Kier alpha value is -3.30. The van der Waals surface area contributed by atoms with E-state index in [0.717, 1.165) is 17.7 Å². The van der Waals surface area contributed by atoms with Gasteiger partial charge in [0, 0.05) is 16.6 Å². The molecule has 0 spiro atoms. The van der Waals surface area contributed by atoms with Gasteiger partial charge in [-0.05, 0) is 79.4 Å². The summed E-state index contributed by atoms with van der Waals surface area (Å²) in [5, 5.41) is 1.23. The van der Waals surface area contributed by atoms with Crippen molar-refractivity contribution < 1.29 is 4.65 Å². The van der Waals surface area contributed by atoms with Crippen LogP contribution in [-0.2, 0) is 4.65 Å². The number of fused-ring (bicyclic) bond motifs is 1. The zero-order valence-electron chi connectivity index (χ0n) is 21.5. The van der Waals surface area contributed by atoms with Gasteiger partial charge in [-0.2, -0.15) is 0 Å². The maximum Gasteiger partial charge on any atom is 0.327 e. The Kier molecular flexibility index (Phi) is 5.85. The van der Waals surface area contributed by atoms with E-state index in [0.29, 0.717) is 0 Å². The molecule has 0 radical (unpaired) electrons. The number of allylic oxidation sites excluding steroid dienone is 1. The van der Waals surface area contributed by atoms with Crippen molar-refractivity contribution in [2.24, 2.45) is 5.41 Å². The molecule has 0 amide bonds. The summed E-state index contributed by atoms with van der Waals surface area (Å²) in [6.45, 7) is 15.4. The Morgan fingerprint density at radius 1 is 0.914 bits per heavy atom. The van der Waals surface area contributed by atoms with Gasteiger partial charge >= 0.3 is 6.92 Å². The zero-order valence-corrected chi connectivity index (χ0v) is 21.5. The summed E-state index contributed by atoms with van der Waals surface area (Å²) in [7, 11) is 0. The average Bonchev–Trinajstić information content (AvgIpc) is 3.28. The Morgan fingerprint density at radius 2 is 1.60 bits per heavy atom. The molecule has 1 fully saturated rings. The van der Waals surface area contributed by atoms with Crippen molar-refractivity contribution in [3.8, 4) is 16.8 Å². The van der Waals surface area contributed by atoms with E-state index < -0.39 is 0 Å². The maximum absolute atomic E-state index is 6.45. The molecule has 1 aromatic heterocycles. The third kappa shape index (κ3) is 3.98. The minimum Gasteiger partial charge on any atom is -0.426 e. The van der Waals surface area contributed by atoms with Gasteiger partial charge in [0.1, 0.15) is 0 Å². The molecule has 0 aliphatic carbocycles. The fraction of sp³-hybridized carbons (Fsp3) is 0.250. The SMILES string of the molecule is C=Cc1c(/C=C\C)c2cc(-c3ccc(B4CC(C)(C)C(C)(C)O4)cc3)ccc2n1-c1ccccc1. The van der Waals surface area contributed by atoms with Crippen LogP contribution in [0.4, 0.5) is 0 Å². The van der Waals surface area contributed by atoms with Crippen LogP contribution in [0, 0.1) is 5.41 Å². The minimum atomic E-state index is -0.126.